The number of likely N-dealkylation sites (tertiary alicyclic amines) is 1. The quantitative estimate of drug-likeness (QED) is 0.697. The van der Waals surface area contributed by atoms with Gasteiger partial charge >= 0.3 is 0 Å². The topological polar surface area (TPSA) is 69.6 Å². The first-order valence-corrected chi connectivity index (χ1v) is 8.75. The lowest BCUT2D eigenvalue weighted by Gasteiger charge is -2.31. The minimum atomic E-state index is 0.415. The lowest BCUT2D eigenvalue weighted by Crippen LogP contribution is -2.35. The summed E-state index contributed by atoms with van der Waals surface area (Å²) in [5.74, 6) is 3.54. The number of rotatable bonds is 5. The van der Waals surface area contributed by atoms with E-state index in [1.54, 1.807) is 6.20 Å². The van der Waals surface area contributed by atoms with E-state index in [1.807, 2.05) is 36.4 Å². The lowest BCUT2D eigenvalue weighted by molar-refractivity contribution is 0.189. The van der Waals surface area contributed by atoms with Gasteiger partial charge in [0.05, 0.1) is 6.54 Å². The number of nitrogens with zero attached hydrogens (tertiary/aromatic N) is 8. The fourth-order valence-electron chi connectivity index (χ4n) is 3.57. The van der Waals surface area contributed by atoms with E-state index in [1.165, 1.54) is 6.42 Å². The van der Waals surface area contributed by atoms with Crippen LogP contribution in [0.15, 0.2) is 30.9 Å². The van der Waals surface area contributed by atoms with Crippen LogP contribution in [0.1, 0.15) is 36.2 Å². The van der Waals surface area contributed by atoms with Crippen LogP contribution in [-0.4, -0.2) is 52.1 Å². The first-order chi connectivity index (χ1) is 12.2. The molecule has 1 aliphatic rings. The smallest absolute Gasteiger partial charge is 0.154 e. The molecular formula is C17H24N8. The molecule has 0 radical (unpaired) electrons. The van der Waals surface area contributed by atoms with Crippen LogP contribution >= 0.6 is 0 Å². The maximum absolute atomic E-state index is 4.49. The Hall–Kier alpha value is -2.48. The Morgan fingerprint density at radius 1 is 1.08 bits per heavy atom. The molecule has 1 fully saturated rings. The fourth-order valence-corrected chi connectivity index (χ4v) is 3.57. The van der Waals surface area contributed by atoms with Crippen molar-refractivity contribution in [2.75, 3.05) is 13.1 Å². The van der Waals surface area contributed by atoms with Crippen LogP contribution in [0.5, 0.6) is 0 Å². The van der Waals surface area contributed by atoms with Gasteiger partial charge in [0.2, 0.25) is 0 Å². The largest absolute Gasteiger partial charge is 0.337 e. The molecule has 8 heteroatoms. The zero-order valence-corrected chi connectivity index (χ0v) is 14.8. The van der Waals surface area contributed by atoms with Crippen LogP contribution in [0.3, 0.4) is 0 Å². The highest BCUT2D eigenvalue weighted by Gasteiger charge is 2.26. The fraction of sp³-hybridized carbons (Fsp3) is 0.529. The van der Waals surface area contributed by atoms with Crippen molar-refractivity contribution in [1.29, 1.82) is 0 Å². The standard InChI is InChI=1S/C17H24N8/c1-22-10-7-18-15(22)12-24-8-3-5-14(11-24)17-21-20-16(23(17)2)13-25-9-4-6-19-25/h4,6-7,9-10,14H,3,5,8,11-13H2,1-2H3. The van der Waals surface area contributed by atoms with E-state index in [2.05, 4.69) is 41.4 Å². The van der Waals surface area contributed by atoms with E-state index in [-0.39, 0.29) is 0 Å². The highest BCUT2D eigenvalue weighted by molar-refractivity contribution is 5.05. The van der Waals surface area contributed by atoms with Crippen molar-refractivity contribution in [3.8, 4) is 0 Å². The van der Waals surface area contributed by atoms with E-state index in [9.17, 15) is 0 Å². The first-order valence-electron chi connectivity index (χ1n) is 8.75. The van der Waals surface area contributed by atoms with Crippen LogP contribution in [0.25, 0.3) is 0 Å². The normalized spacial score (nSPS) is 18.7. The van der Waals surface area contributed by atoms with Crippen molar-refractivity contribution < 1.29 is 0 Å². The number of hydrogen-bond donors (Lipinski definition) is 0. The third-order valence-electron chi connectivity index (χ3n) is 5.02. The van der Waals surface area contributed by atoms with Crippen LogP contribution in [0.2, 0.25) is 0 Å². The summed E-state index contributed by atoms with van der Waals surface area (Å²) in [4.78, 5) is 6.92. The van der Waals surface area contributed by atoms with Gasteiger partial charge in [-0.3, -0.25) is 9.58 Å². The van der Waals surface area contributed by atoms with Gasteiger partial charge in [-0.1, -0.05) is 0 Å². The van der Waals surface area contributed by atoms with Crippen LogP contribution in [0.4, 0.5) is 0 Å². The SMILES string of the molecule is Cn1ccnc1CN1CCCC(c2nnc(Cn3cccn3)n2C)C1. The van der Waals surface area contributed by atoms with Gasteiger partial charge in [0, 0.05) is 51.3 Å². The van der Waals surface area contributed by atoms with Crippen molar-refractivity contribution >= 4 is 0 Å². The molecule has 1 aliphatic heterocycles. The monoisotopic (exact) mass is 340 g/mol. The van der Waals surface area contributed by atoms with Crippen molar-refractivity contribution in [2.24, 2.45) is 14.1 Å². The van der Waals surface area contributed by atoms with Gasteiger partial charge in [-0.05, 0) is 25.5 Å². The minimum absolute atomic E-state index is 0.415. The van der Waals surface area contributed by atoms with Crippen molar-refractivity contribution in [1.82, 2.24) is 39.0 Å². The molecule has 0 amide bonds. The van der Waals surface area contributed by atoms with E-state index in [0.29, 0.717) is 12.5 Å². The highest BCUT2D eigenvalue weighted by Crippen LogP contribution is 2.26. The van der Waals surface area contributed by atoms with Gasteiger partial charge < -0.3 is 9.13 Å². The summed E-state index contributed by atoms with van der Waals surface area (Å²) in [6, 6.07) is 1.92. The number of imidazole rings is 1. The van der Waals surface area contributed by atoms with Gasteiger partial charge in [-0.15, -0.1) is 10.2 Å². The van der Waals surface area contributed by atoms with Crippen LogP contribution < -0.4 is 0 Å². The predicted octanol–water partition coefficient (Wildman–Crippen LogP) is 1.17. The zero-order valence-electron chi connectivity index (χ0n) is 14.8. The number of aromatic nitrogens is 7. The number of aryl methyl sites for hydroxylation is 1. The summed E-state index contributed by atoms with van der Waals surface area (Å²) in [6.45, 7) is 3.65. The summed E-state index contributed by atoms with van der Waals surface area (Å²) >= 11 is 0. The molecule has 0 saturated carbocycles. The van der Waals surface area contributed by atoms with Gasteiger partial charge in [0.25, 0.3) is 0 Å². The number of piperidine rings is 1. The summed E-state index contributed by atoms with van der Waals surface area (Å²) in [5, 5.41) is 13.1. The number of hydrogen-bond acceptors (Lipinski definition) is 5. The molecule has 0 aromatic carbocycles. The van der Waals surface area contributed by atoms with E-state index in [4.69, 9.17) is 0 Å². The Kier molecular flexibility index (Phi) is 4.35. The Labute approximate surface area is 147 Å². The Balaban J connectivity index is 1.46. The first kappa shape index (κ1) is 16.0. The molecule has 3 aromatic rings. The van der Waals surface area contributed by atoms with Crippen LogP contribution in [0, 0.1) is 0 Å². The minimum Gasteiger partial charge on any atom is -0.337 e. The highest BCUT2D eigenvalue weighted by atomic mass is 15.3. The average molecular weight is 340 g/mol. The Bertz CT molecular complexity index is 816. The molecular weight excluding hydrogens is 316 g/mol. The summed E-state index contributed by atoms with van der Waals surface area (Å²) < 4.78 is 6.10. The molecule has 8 nitrogen and oxygen atoms in total. The second-order valence-electron chi connectivity index (χ2n) is 6.77. The maximum atomic E-state index is 4.49. The third kappa shape index (κ3) is 3.34. The molecule has 0 bridgehead atoms. The second-order valence-corrected chi connectivity index (χ2v) is 6.77. The van der Waals surface area contributed by atoms with Gasteiger partial charge in [0.1, 0.15) is 18.2 Å². The predicted molar refractivity (Wildman–Crippen MR) is 92.8 cm³/mol. The Morgan fingerprint density at radius 3 is 2.76 bits per heavy atom. The molecule has 132 valence electrons. The second kappa shape index (κ2) is 6.79. The van der Waals surface area contributed by atoms with Crippen LogP contribution in [-0.2, 0) is 27.2 Å². The molecule has 1 unspecified atom stereocenters. The molecule has 0 N–H and O–H groups in total. The molecule has 3 aromatic heterocycles. The summed E-state index contributed by atoms with van der Waals surface area (Å²) in [6.07, 6.45) is 9.93. The van der Waals surface area contributed by atoms with E-state index in [0.717, 1.165) is 43.5 Å². The summed E-state index contributed by atoms with van der Waals surface area (Å²) in [7, 11) is 4.11. The zero-order chi connectivity index (χ0) is 17.2. The van der Waals surface area contributed by atoms with Gasteiger partial charge in [0.15, 0.2) is 5.82 Å². The molecule has 4 rings (SSSR count). The lowest BCUT2D eigenvalue weighted by atomic mass is 9.97. The molecule has 0 spiro atoms. The molecule has 1 atom stereocenters. The van der Waals surface area contributed by atoms with Gasteiger partial charge in [-0.25, -0.2) is 4.98 Å². The van der Waals surface area contributed by atoms with Crippen molar-refractivity contribution in [3.63, 3.8) is 0 Å². The van der Waals surface area contributed by atoms with Crippen molar-refractivity contribution in [2.45, 2.75) is 31.8 Å². The van der Waals surface area contributed by atoms with E-state index < -0.39 is 0 Å². The van der Waals surface area contributed by atoms with E-state index >= 15 is 0 Å². The van der Waals surface area contributed by atoms with Gasteiger partial charge in [-0.2, -0.15) is 5.10 Å². The molecule has 25 heavy (non-hydrogen) atoms. The third-order valence-corrected chi connectivity index (χ3v) is 5.02. The molecule has 0 aliphatic carbocycles. The average Bonchev–Trinajstić information content (AvgIpc) is 3.33. The van der Waals surface area contributed by atoms with Crippen molar-refractivity contribution in [3.05, 3.63) is 48.3 Å². The summed E-state index contributed by atoms with van der Waals surface area (Å²) in [5.41, 5.74) is 0. The maximum Gasteiger partial charge on any atom is 0.154 e. The Morgan fingerprint density at radius 2 is 2.00 bits per heavy atom. The molecule has 4 heterocycles. The molecule has 1 saturated heterocycles.